The summed E-state index contributed by atoms with van der Waals surface area (Å²) in [7, 11) is 0. The van der Waals surface area contributed by atoms with Gasteiger partial charge in [0.15, 0.2) is 0 Å². The zero-order chi connectivity index (χ0) is 16.2. The van der Waals surface area contributed by atoms with E-state index in [4.69, 9.17) is 9.62 Å². The van der Waals surface area contributed by atoms with Gasteiger partial charge in [-0.1, -0.05) is 18.2 Å². The molecular formula is C17H14N2O4. The first-order chi connectivity index (χ1) is 11.2. The number of amides is 1. The van der Waals surface area contributed by atoms with Crippen molar-refractivity contribution >= 4 is 23.0 Å². The van der Waals surface area contributed by atoms with Gasteiger partial charge in [-0.05, 0) is 30.3 Å². The predicted molar refractivity (Wildman–Crippen MR) is 85.0 cm³/mol. The van der Waals surface area contributed by atoms with Gasteiger partial charge < -0.3 is 8.98 Å². The summed E-state index contributed by atoms with van der Waals surface area (Å²) in [4.78, 5) is 23.4. The maximum Gasteiger partial charge on any atom is 0.267 e. The SMILES string of the molecule is O=C(/C=C/c1cccn(Cc2cc3ccccc3o2)c1=O)NO. The molecule has 1 aromatic carbocycles. The molecule has 0 saturated heterocycles. The van der Waals surface area contributed by atoms with Crippen molar-refractivity contribution in [1.29, 1.82) is 0 Å². The Morgan fingerprint density at radius 2 is 2.09 bits per heavy atom. The van der Waals surface area contributed by atoms with Crippen LogP contribution in [0.2, 0.25) is 0 Å². The van der Waals surface area contributed by atoms with E-state index >= 15 is 0 Å². The lowest BCUT2D eigenvalue weighted by Crippen LogP contribution is -2.22. The Labute approximate surface area is 131 Å². The maximum atomic E-state index is 12.4. The molecule has 0 fully saturated rings. The van der Waals surface area contributed by atoms with E-state index in [1.807, 2.05) is 30.3 Å². The van der Waals surface area contributed by atoms with Gasteiger partial charge in [0.1, 0.15) is 11.3 Å². The second-order valence-electron chi connectivity index (χ2n) is 4.96. The smallest absolute Gasteiger partial charge is 0.267 e. The Bertz CT molecular complexity index is 904. The molecule has 0 spiro atoms. The third kappa shape index (κ3) is 3.22. The summed E-state index contributed by atoms with van der Waals surface area (Å²) >= 11 is 0. The summed E-state index contributed by atoms with van der Waals surface area (Å²) in [6.45, 7) is 0.293. The average molecular weight is 310 g/mol. The van der Waals surface area contributed by atoms with Crippen molar-refractivity contribution in [2.45, 2.75) is 6.54 Å². The number of para-hydroxylation sites is 1. The van der Waals surface area contributed by atoms with Crippen LogP contribution in [0.15, 0.2) is 63.9 Å². The van der Waals surface area contributed by atoms with Gasteiger partial charge in [-0.25, -0.2) is 5.48 Å². The highest BCUT2D eigenvalue weighted by molar-refractivity contribution is 5.90. The third-order valence-electron chi connectivity index (χ3n) is 3.38. The van der Waals surface area contributed by atoms with Gasteiger partial charge in [-0.3, -0.25) is 14.8 Å². The second kappa shape index (κ2) is 6.33. The molecule has 2 aromatic heterocycles. The fourth-order valence-electron chi connectivity index (χ4n) is 2.29. The van der Waals surface area contributed by atoms with Gasteiger partial charge in [0.25, 0.3) is 11.5 Å². The number of hydroxylamine groups is 1. The van der Waals surface area contributed by atoms with Crippen molar-refractivity contribution in [3.05, 3.63) is 76.4 Å². The van der Waals surface area contributed by atoms with Crippen LogP contribution in [0.3, 0.4) is 0 Å². The number of nitrogens with zero attached hydrogens (tertiary/aromatic N) is 1. The average Bonchev–Trinajstić information content (AvgIpc) is 2.97. The number of rotatable bonds is 4. The number of carbonyl (C=O) groups excluding carboxylic acids is 1. The first kappa shape index (κ1) is 14.8. The van der Waals surface area contributed by atoms with E-state index < -0.39 is 5.91 Å². The maximum absolute atomic E-state index is 12.4. The number of furan rings is 1. The molecule has 2 N–H and O–H groups in total. The first-order valence-corrected chi connectivity index (χ1v) is 6.96. The number of hydrogen-bond donors (Lipinski definition) is 2. The fraction of sp³-hybridized carbons (Fsp3) is 0.0588. The molecule has 0 atom stereocenters. The number of pyridine rings is 1. The minimum absolute atomic E-state index is 0.255. The predicted octanol–water partition coefficient (Wildman–Crippen LogP) is 2.16. The van der Waals surface area contributed by atoms with E-state index in [2.05, 4.69) is 0 Å². The Balaban J connectivity index is 1.90. The Morgan fingerprint density at radius 3 is 2.87 bits per heavy atom. The molecule has 0 aliphatic carbocycles. The normalized spacial score (nSPS) is 11.2. The second-order valence-corrected chi connectivity index (χ2v) is 4.96. The number of aromatic nitrogens is 1. The number of nitrogens with one attached hydrogen (secondary N) is 1. The molecule has 1 amide bonds. The zero-order valence-electron chi connectivity index (χ0n) is 12.1. The van der Waals surface area contributed by atoms with E-state index in [1.54, 1.807) is 18.3 Å². The highest BCUT2D eigenvalue weighted by Crippen LogP contribution is 2.19. The van der Waals surface area contributed by atoms with Gasteiger partial charge in [-0.2, -0.15) is 0 Å². The van der Waals surface area contributed by atoms with Crippen molar-refractivity contribution in [1.82, 2.24) is 10.0 Å². The Morgan fingerprint density at radius 1 is 1.26 bits per heavy atom. The molecule has 0 unspecified atom stereocenters. The van der Waals surface area contributed by atoms with Crippen molar-refractivity contribution < 1.29 is 14.4 Å². The molecule has 3 aromatic rings. The van der Waals surface area contributed by atoms with Gasteiger partial charge in [-0.15, -0.1) is 0 Å². The number of fused-ring (bicyclic) bond motifs is 1. The van der Waals surface area contributed by atoms with Crippen molar-refractivity contribution in [2.24, 2.45) is 0 Å². The summed E-state index contributed by atoms with van der Waals surface area (Å²) in [6.07, 6.45) is 4.09. The van der Waals surface area contributed by atoms with Crippen molar-refractivity contribution in [2.75, 3.05) is 0 Å². The van der Waals surface area contributed by atoms with Crippen LogP contribution in [0.5, 0.6) is 0 Å². The quantitative estimate of drug-likeness (QED) is 0.439. The molecule has 6 heteroatoms. The Kier molecular flexibility index (Phi) is 4.07. The molecule has 0 bridgehead atoms. The van der Waals surface area contributed by atoms with E-state index in [-0.39, 0.29) is 5.56 Å². The Hall–Kier alpha value is -3.12. The first-order valence-electron chi connectivity index (χ1n) is 6.96. The minimum Gasteiger partial charge on any atom is -0.459 e. The summed E-state index contributed by atoms with van der Waals surface area (Å²) in [6, 6.07) is 12.8. The van der Waals surface area contributed by atoms with Crippen LogP contribution in [0.4, 0.5) is 0 Å². The summed E-state index contributed by atoms with van der Waals surface area (Å²) in [5, 5.41) is 9.43. The van der Waals surface area contributed by atoms with Crippen LogP contribution < -0.4 is 11.0 Å². The van der Waals surface area contributed by atoms with Crippen LogP contribution in [-0.4, -0.2) is 15.7 Å². The van der Waals surface area contributed by atoms with E-state index in [0.717, 1.165) is 17.0 Å². The van der Waals surface area contributed by atoms with Crippen molar-refractivity contribution in [3.8, 4) is 0 Å². The van der Waals surface area contributed by atoms with E-state index in [0.29, 0.717) is 17.9 Å². The van der Waals surface area contributed by atoms with Gasteiger partial charge in [0.05, 0.1) is 6.54 Å². The van der Waals surface area contributed by atoms with Crippen LogP contribution in [0.1, 0.15) is 11.3 Å². The topological polar surface area (TPSA) is 84.5 Å². The monoisotopic (exact) mass is 310 g/mol. The molecule has 0 aliphatic rings. The minimum atomic E-state index is -0.697. The molecule has 2 heterocycles. The standard InChI is InChI=1S/C17H14N2O4/c20-16(18-22)8-7-12-5-3-9-19(17(12)21)11-14-10-13-4-1-2-6-15(13)23-14/h1-10,22H,11H2,(H,18,20)/b8-7+. The molecule has 3 rings (SSSR count). The number of benzene rings is 1. The zero-order valence-corrected chi connectivity index (χ0v) is 12.1. The summed E-state index contributed by atoms with van der Waals surface area (Å²) < 4.78 is 7.20. The van der Waals surface area contributed by atoms with Gasteiger partial charge >= 0.3 is 0 Å². The van der Waals surface area contributed by atoms with Crippen LogP contribution in [0.25, 0.3) is 17.0 Å². The van der Waals surface area contributed by atoms with Crippen LogP contribution >= 0.6 is 0 Å². The highest BCUT2D eigenvalue weighted by Gasteiger charge is 2.06. The largest absolute Gasteiger partial charge is 0.459 e. The van der Waals surface area contributed by atoms with Crippen LogP contribution in [0, 0.1) is 0 Å². The van der Waals surface area contributed by atoms with Crippen LogP contribution in [-0.2, 0) is 11.3 Å². The fourth-order valence-corrected chi connectivity index (χ4v) is 2.29. The molecule has 6 nitrogen and oxygen atoms in total. The van der Waals surface area contributed by atoms with E-state index in [9.17, 15) is 9.59 Å². The van der Waals surface area contributed by atoms with Crippen molar-refractivity contribution in [3.63, 3.8) is 0 Å². The molecule has 0 aliphatic heterocycles. The molecule has 116 valence electrons. The third-order valence-corrected chi connectivity index (χ3v) is 3.38. The lowest BCUT2D eigenvalue weighted by molar-refractivity contribution is -0.124. The molecule has 0 saturated carbocycles. The summed E-state index contributed by atoms with van der Waals surface area (Å²) in [5.41, 5.74) is 2.33. The van der Waals surface area contributed by atoms with E-state index in [1.165, 1.54) is 16.1 Å². The lowest BCUT2D eigenvalue weighted by atomic mass is 10.2. The molecular weight excluding hydrogens is 296 g/mol. The van der Waals surface area contributed by atoms with Gasteiger partial charge in [0, 0.05) is 23.2 Å². The lowest BCUT2D eigenvalue weighted by Gasteiger charge is -2.04. The van der Waals surface area contributed by atoms with Gasteiger partial charge in [0.2, 0.25) is 0 Å². The molecule has 0 radical (unpaired) electrons. The summed E-state index contributed by atoms with van der Waals surface area (Å²) in [5.74, 6) is -0.0281. The number of hydrogen-bond acceptors (Lipinski definition) is 4. The molecule has 23 heavy (non-hydrogen) atoms. The highest BCUT2D eigenvalue weighted by atomic mass is 16.5. The number of carbonyl (C=O) groups is 1.